The Labute approximate surface area is 190 Å². The molecule has 0 saturated heterocycles. The number of esters is 1. The highest BCUT2D eigenvalue weighted by atomic mass is 32.1. The van der Waals surface area contributed by atoms with Crippen molar-refractivity contribution in [3.63, 3.8) is 0 Å². The van der Waals surface area contributed by atoms with Crippen molar-refractivity contribution in [2.75, 3.05) is 6.79 Å². The molecule has 5 rings (SSSR count). The van der Waals surface area contributed by atoms with Gasteiger partial charge in [-0.15, -0.1) is 11.3 Å². The number of carbonyl (C=O) groups excluding carboxylic acids is 1. The highest BCUT2D eigenvalue weighted by Gasteiger charge is 2.23. The summed E-state index contributed by atoms with van der Waals surface area (Å²) in [7, 11) is 0. The Morgan fingerprint density at radius 2 is 2.09 bits per heavy atom. The van der Waals surface area contributed by atoms with Crippen LogP contribution in [0.3, 0.4) is 0 Å². The van der Waals surface area contributed by atoms with Crippen LogP contribution in [0, 0.1) is 22.9 Å². The minimum Gasteiger partial charge on any atom is -0.467 e. The third-order valence-corrected chi connectivity index (χ3v) is 6.25. The Hall–Kier alpha value is -3.83. The van der Waals surface area contributed by atoms with E-state index in [0.29, 0.717) is 33.1 Å². The summed E-state index contributed by atoms with van der Waals surface area (Å²) in [5, 5.41) is 16.5. The molecule has 0 unspecified atom stereocenters. The molecule has 0 saturated carbocycles. The number of halogens is 1. The molecule has 2 aromatic carbocycles. The fraction of sp³-hybridized carbons (Fsp3) is 0.182. The Balaban J connectivity index is 1.41. The molecule has 3 heterocycles. The van der Waals surface area contributed by atoms with Crippen molar-refractivity contribution in [1.82, 2.24) is 9.78 Å². The summed E-state index contributed by atoms with van der Waals surface area (Å²) >= 11 is 1.20. The Morgan fingerprint density at radius 3 is 2.85 bits per heavy atom. The van der Waals surface area contributed by atoms with Gasteiger partial charge in [0.1, 0.15) is 27.9 Å². The second-order valence-electron chi connectivity index (χ2n) is 7.34. The van der Waals surface area contributed by atoms with Gasteiger partial charge in [-0.05, 0) is 37.3 Å². The van der Waals surface area contributed by atoms with Crippen LogP contribution in [0.2, 0.25) is 0 Å². The van der Waals surface area contributed by atoms with Gasteiger partial charge in [0, 0.05) is 28.6 Å². The number of non-ortho nitro benzene ring substituents is 1. The molecule has 0 aliphatic carbocycles. The molecular formula is C22H16FN3O6S. The summed E-state index contributed by atoms with van der Waals surface area (Å²) in [5.74, 6) is -0.499. The molecule has 0 fully saturated rings. The van der Waals surface area contributed by atoms with E-state index in [4.69, 9.17) is 14.2 Å². The van der Waals surface area contributed by atoms with E-state index in [9.17, 15) is 19.3 Å². The molecule has 0 atom stereocenters. The number of nitro groups is 1. The van der Waals surface area contributed by atoms with Crippen LogP contribution in [0.15, 0.2) is 42.5 Å². The van der Waals surface area contributed by atoms with Gasteiger partial charge in [0.05, 0.1) is 22.9 Å². The molecule has 33 heavy (non-hydrogen) atoms. The normalized spacial score (nSPS) is 12.9. The lowest BCUT2D eigenvalue weighted by molar-refractivity contribution is -0.385. The third-order valence-electron chi connectivity index (χ3n) is 5.16. The number of nitro benzene ring substituents is 1. The third kappa shape index (κ3) is 3.92. The zero-order chi connectivity index (χ0) is 23.1. The number of hydrogen-bond donors (Lipinski definition) is 0. The first-order chi connectivity index (χ1) is 15.9. The number of carbonyl (C=O) groups is 1. The standard InChI is InChI=1S/C22H16FN3O6S/c1-12-18-8-19(33-21(18)25(24-12)16-4-2-15(23)3-5-16)22(27)31-10-14-7-17(26(28)29)6-13-9-30-11-32-20(13)14/h2-8H,9-11H2,1H3. The van der Waals surface area contributed by atoms with Gasteiger partial charge >= 0.3 is 5.97 Å². The van der Waals surface area contributed by atoms with Crippen molar-refractivity contribution >= 4 is 33.2 Å². The summed E-state index contributed by atoms with van der Waals surface area (Å²) < 4.78 is 31.1. The number of nitrogens with zero attached hydrogens (tertiary/aromatic N) is 3. The highest BCUT2D eigenvalue weighted by molar-refractivity contribution is 7.20. The number of aryl methyl sites for hydroxylation is 1. The van der Waals surface area contributed by atoms with E-state index in [1.165, 1.54) is 35.6 Å². The van der Waals surface area contributed by atoms with Crippen LogP contribution in [0.25, 0.3) is 15.9 Å². The Bertz CT molecular complexity index is 1400. The van der Waals surface area contributed by atoms with Crippen molar-refractivity contribution in [2.24, 2.45) is 0 Å². The van der Waals surface area contributed by atoms with Gasteiger partial charge in [-0.25, -0.2) is 13.9 Å². The van der Waals surface area contributed by atoms with Gasteiger partial charge in [0.2, 0.25) is 0 Å². The van der Waals surface area contributed by atoms with Crippen LogP contribution in [-0.2, 0) is 22.7 Å². The van der Waals surface area contributed by atoms with Gasteiger partial charge in [-0.1, -0.05) is 0 Å². The Morgan fingerprint density at radius 1 is 1.30 bits per heavy atom. The number of hydrogen-bond acceptors (Lipinski definition) is 8. The van der Waals surface area contributed by atoms with Crippen LogP contribution < -0.4 is 4.74 Å². The zero-order valence-electron chi connectivity index (χ0n) is 17.2. The minimum atomic E-state index is -0.575. The average Bonchev–Trinajstić information content (AvgIpc) is 3.38. The van der Waals surface area contributed by atoms with Crippen LogP contribution in [0.4, 0.5) is 10.1 Å². The van der Waals surface area contributed by atoms with Crippen LogP contribution in [-0.4, -0.2) is 27.5 Å². The maximum atomic E-state index is 13.3. The lowest BCUT2D eigenvalue weighted by atomic mass is 10.1. The van der Waals surface area contributed by atoms with Crippen molar-refractivity contribution in [3.8, 4) is 11.4 Å². The Kier molecular flexibility index (Phi) is 5.27. The molecule has 9 nitrogen and oxygen atoms in total. The molecule has 1 aliphatic rings. The number of rotatable bonds is 5. The van der Waals surface area contributed by atoms with E-state index in [-0.39, 0.29) is 31.5 Å². The summed E-state index contributed by atoms with van der Waals surface area (Å²) in [5.41, 5.74) is 2.17. The van der Waals surface area contributed by atoms with E-state index < -0.39 is 10.9 Å². The van der Waals surface area contributed by atoms with Crippen molar-refractivity contribution in [3.05, 3.63) is 80.1 Å². The van der Waals surface area contributed by atoms with E-state index in [2.05, 4.69) is 5.10 Å². The van der Waals surface area contributed by atoms with Crippen molar-refractivity contribution in [2.45, 2.75) is 20.1 Å². The molecule has 0 radical (unpaired) electrons. The smallest absolute Gasteiger partial charge is 0.348 e. The molecule has 0 bridgehead atoms. The summed E-state index contributed by atoms with van der Waals surface area (Å²) in [6.07, 6.45) is 0. The predicted molar refractivity (Wildman–Crippen MR) is 116 cm³/mol. The largest absolute Gasteiger partial charge is 0.467 e. The molecule has 0 spiro atoms. The fourth-order valence-electron chi connectivity index (χ4n) is 3.61. The predicted octanol–water partition coefficient (Wildman–Crippen LogP) is 4.67. The SMILES string of the molecule is Cc1nn(-c2ccc(F)cc2)c2sc(C(=O)OCc3cc([N+](=O)[O-])cc4c3OCOC4)cc12. The average molecular weight is 469 g/mol. The van der Waals surface area contributed by atoms with Gasteiger partial charge in [0.25, 0.3) is 5.69 Å². The molecule has 0 N–H and O–H groups in total. The second kappa shape index (κ2) is 8.26. The zero-order valence-corrected chi connectivity index (χ0v) is 18.1. The highest BCUT2D eigenvalue weighted by Crippen LogP contribution is 2.34. The lowest BCUT2D eigenvalue weighted by Gasteiger charge is -2.20. The molecule has 1 aliphatic heterocycles. The number of thiophene rings is 1. The van der Waals surface area contributed by atoms with Gasteiger partial charge < -0.3 is 14.2 Å². The number of fused-ring (bicyclic) bond motifs is 2. The van der Waals surface area contributed by atoms with Gasteiger partial charge in [-0.2, -0.15) is 5.10 Å². The summed E-state index contributed by atoms with van der Waals surface area (Å²) in [4.78, 5) is 24.6. The quantitative estimate of drug-likeness (QED) is 0.238. The molecular weight excluding hydrogens is 453 g/mol. The van der Waals surface area contributed by atoms with E-state index in [1.54, 1.807) is 22.9 Å². The molecule has 0 amide bonds. The first-order valence-corrected chi connectivity index (χ1v) is 10.7. The van der Waals surface area contributed by atoms with Gasteiger partial charge in [0.15, 0.2) is 6.79 Å². The van der Waals surface area contributed by atoms with Crippen LogP contribution in [0.5, 0.6) is 5.75 Å². The molecule has 2 aromatic heterocycles. The second-order valence-corrected chi connectivity index (χ2v) is 8.37. The minimum absolute atomic E-state index is 0.0151. The van der Waals surface area contributed by atoms with Crippen LogP contribution >= 0.6 is 11.3 Å². The van der Waals surface area contributed by atoms with Crippen molar-refractivity contribution < 1.29 is 28.3 Å². The van der Waals surface area contributed by atoms with Crippen LogP contribution in [0.1, 0.15) is 26.5 Å². The van der Waals surface area contributed by atoms with Gasteiger partial charge in [-0.3, -0.25) is 10.1 Å². The molecule has 11 heteroatoms. The summed E-state index contributed by atoms with van der Waals surface area (Å²) in [6, 6.07) is 10.3. The number of benzene rings is 2. The lowest BCUT2D eigenvalue weighted by Crippen LogP contribution is -2.14. The first-order valence-electron chi connectivity index (χ1n) is 9.83. The number of aromatic nitrogens is 2. The maximum absolute atomic E-state index is 13.3. The first kappa shape index (κ1) is 21.0. The van der Waals surface area contributed by atoms with E-state index >= 15 is 0 Å². The molecule has 4 aromatic rings. The van der Waals surface area contributed by atoms with E-state index in [1.807, 2.05) is 6.92 Å². The fourth-order valence-corrected chi connectivity index (χ4v) is 4.69. The van der Waals surface area contributed by atoms with E-state index in [0.717, 1.165) is 10.2 Å². The maximum Gasteiger partial charge on any atom is 0.348 e. The molecule has 168 valence electrons. The monoisotopic (exact) mass is 469 g/mol. The number of ether oxygens (including phenoxy) is 3. The topological polar surface area (TPSA) is 106 Å². The van der Waals surface area contributed by atoms with Crippen molar-refractivity contribution in [1.29, 1.82) is 0 Å². The summed E-state index contributed by atoms with van der Waals surface area (Å²) in [6.45, 7) is 1.81.